The predicted octanol–water partition coefficient (Wildman–Crippen LogP) is 3.78. The zero-order chi connectivity index (χ0) is 17.1. The zero-order valence-corrected chi connectivity index (χ0v) is 14.1. The minimum atomic E-state index is 0.0407. The molecule has 2 aromatic rings. The summed E-state index contributed by atoms with van der Waals surface area (Å²) in [4.78, 5) is 14.7. The Morgan fingerprint density at radius 3 is 2.52 bits per heavy atom. The summed E-state index contributed by atoms with van der Waals surface area (Å²) in [5, 5.41) is 0. The molecule has 2 aliphatic heterocycles. The molecule has 0 fully saturated rings. The van der Waals surface area contributed by atoms with E-state index >= 15 is 0 Å². The Hall–Kier alpha value is -2.75. The third-order valence-corrected chi connectivity index (χ3v) is 4.64. The molecule has 4 rings (SSSR count). The second kappa shape index (κ2) is 7.01. The lowest BCUT2D eigenvalue weighted by Gasteiger charge is -2.27. The summed E-state index contributed by atoms with van der Waals surface area (Å²) in [5.41, 5.74) is 3.20. The molecule has 0 unspecified atom stereocenters. The van der Waals surface area contributed by atoms with E-state index in [-0.39, 0.29) is 5.91 Å². The van der Waals surface area contributed by atoms with Crippen LogP contribution < -0.4 is 9.47 Å². The second-order valence-corrected chi connectivity index (χ2v) is 6.31. The number of hydrogen-bond acceptors (Lipinski definition) is 3. The number of carbonyl (C=O) groups is 1. The van der Waals surface area contributed by atoms with Gasteiger partial charge in [-0.1, -0.05) is 36.4 Å². The predicted molar refractivity (Wildman–Crippen MR) is 97.0 cm³/mol. The van der Waals surface area contributed by atoms with E-state index in [0.29, 0.717) is 31.1 Å². The van der Waals surface area contributed by atoms with Gasteiger partial charge in [0.05, 0.1) is 13.2 Å². The lowest BCUT2D eigenvalue weighted by molar-refractivity contribution is 0.0772. The number of fused-ring (bicyclic) bond motifs is 1. The summed E-state index contributed by atoms with van der Waals surface area (Å²) in [7, 11) is 0. The van der Waals surface area contributed by atoms with Gasteiger partial charge in [0.2, 0.25) is 0 Å². The lowest BCUT2D eigenvalue weighted by atomic mass is 9.99. The van der Waals surface area contributed by atoms with Crippen LogP contribution in [0.4, 0.5) is 0 Å². The van der Waals surface area contributed by atoms with E-state index in [9.17, 15) is 4.79 Å². The quantitative estimate of drug-likeness (QED) is 0.838. The van der Waals surface area contributed by atoms with Gasteiger partial charge in [0.1, 0.15) is 0 Å². The third-order valence-electron chi connectivity index (χ3n) is 4.64. The highest BCUT2D eigenvalue weighted by molar-refractivity contribution is 5.95. The normalized spacial score (nSPS) is 16.8. The second-order valence-electron chi connectivity index (χ2n) is 6.31. The van der Waals surface area contributed by atoms with Crippen molar-refractivity contribution in [3.63, 3.8) is 0 Å². The Labute approximate surface area is 147 Å². The highest BCUT2D eigenvalue weighted by Crippen LogP contribution is 2.31. The number of benzene rings is 2. The van der Waals surface area contributed by atoms with Crippen LogP contribution in [-0.2, 0) is 0 Å². The lowest BCUT2D eigenvalue weighted by Crippen LogP contribution is -2.34. The first kappa shape index (κ1) is 15.8. The van der Waals surface area contributed by atoms with Gasteiger partial charge in [0.15, 0.2) is 11.5 Å². The molecule has 0 bridgehead atoms. The van der Waals surface area contributed by atoms with Crippen LogP contribution in [0.25, 0.3) is 5.57 Å². The molecule has 0 aliphatic carbocycles. The topological polar surface area (TPSA) is 38.8 Å². The highest BCUT2D eigenvalue weighted by Gasteiger charge is 2.21. The van der Waals surface area contributed by atoms with E-state index in [2.05, 4.69) is 18.2 Å². The van der Waals surface area contributed by atoms with Gasteiger partial charge in [0.25, 0.3) is 5.91 Å². The average molecular weight is 335 g/mol. The maximum absolute atomic E-state index is 12.8. The summed E-state index contributed by atoms with van der Waals surface area (Å²) < 4.78 is 11.3. The molecule has 25 heavy (non-hydrogen) atoms. The molecule has 0 saturated carbocycles. The number of rotatable bonds is 2. The summed E-state index contributed by atoms with van der Waals surface area (Å²) in [5.74, 6) is 1.43. The van der Waals surface area contributed by atoms with Gasteiger partial charge in [0, 0.05) is 25.1 Å². The Bertz CT molecular complexity index is 798. The van der Waals surface area contributed by atoms with Gasteiger partial charge in [-0.25, -0.2) is 0 Å². The van der Waals surface area contributed by atoms with Crippen molar-refractivity contribution in [2.45, 2.75) is 12.8 Å². The summed E-state index contributed by atoms with van der Waals surface area (Å²) in [6.07, 6.45) is 3.89. The van der Waals surface area contributed by atoms with Crippen molar-refractivity contribution >= 4 is 11.5 Å². The molecule has 128 valence electrons. The zero-order valence-electron chi connectivity index (χ0n) is 14.1. The largest absolute Gasteiger partial charge is 0.490 e. The van der Waals surface area contributed by atoms with E-state index < -0.39 is 0 Å². The fourth-order valence-corrected chi connectivity index (χ4v) is 3.25. The Morgan fingerprint density at radius 2 is 1.76 bits per heavy atom. The van der Waals surface area contributed by atoms with E-state index in [1.54, 1.807) is 6.07 Å². The molecule has 0 atom stereocenters. The van der Waals surface area contributed by atoms with Gasteiger partial charge in [-0.15, -0.1) is 0 Å². The maximum Gasteiger partial charge on any atom is 0.254 e. The van der Waals surface area contributed by atoms with Crippen molar-refractivity contribution in [3.05, 3.63) is 65.7 Å². The van der Waals surface area contributed by atoms with Crippen LogP contribution in [-0.4, -0.2) is 37.1 Å². The number of hydrogen-bond donors (Lipinski definition) is 0. The minimum Gasteiger partial charge on any atom is -0.490 e. The first-order chi connectivity index (χ1) is 12.3. The maximum atomic E-state index is 12.8. The van der Waals surface area contributed by atoms with Crippen molar-refractivity contribution in [2.75, 3.05) is 26.3 Å². The molecule has 4 nitrogen and oxygen atoms in total. The molecule has 0 saturated heterocycles. The Morgan fingerprint density at radius 1 is 0.960 bits per heavy atom. The molecule has 0 N–H and O–H groups in total. The summed E-state index contributed by atoms with van der Waals surface area (Å²) in [6, 6.07) is 15.8. The van der Waals surface area contributed by atoms with E-state index in [4.69, 9.17) is 9.47 Å². The SMILES string of the molecule is O=C(c1ccc2c(c1)OCCCO2)N1CC=C(c2ccccc2)CC1. The smallest absolute Gasteiger partial charge is 0.254 e. The fraction of sp³-hybridized carbons (Fsp3) is 0.286. The summed E-state index contributed by atoms with van der Waals surface area (Å²) >= 11 is 0. The molecule has 2 aliphatic rings. The molecule has 1 amide bonds. The Kier molecular flexibility index (Phi) is 4.42. The van der Waals surface area contributed by atoms with Crippen molar-refractivity contribution in [1.29, 1.82) is 0 Å². The van der Waals surface area contributed by atoms with Crippen LogP contribution in [0.3, 0.4) is 0 Å². The number of carbonyl (C=O) groups excluding carboxylic acids is 1. The van der Waals surface area contributed by atoms with Gasteiger partial charge >= 0.3 is 0 Å². The van der Waals surface area contributed by atoms with Crippen molar-refractivity contribution in [2.24, 2.45) is 0 Å². The first-order valence-electron chi connectivity index (χ1n) is 8.74. The monoisotopic (exact) mass is 335 g/mol. The molecule has 2 aromatic carbocycles. The molecule has 4 heteroatoms. The molecule has 0 spiro atoms. The van der Waals surface area contributed by atoms with E-state index in [0.717, 1.165) is 25.1 Å². The highest BCUT2D eigenvalue weighted by atomic mass is 16.5. The van der Waals surface area contributed by atoms with E-state index in [1.165, 1.54) is 11.1 Å². The first-order valence-corrected chi connectivity index (χ1v) is 8.74. The van der Waals surface area contributed by atoms with Gasteiger partial charge in [-0.05, 0) is 35.8 Å². The molecular formula is C21H21NO3. The number of amides is 1. The third kappa shape index (κ3) is 3.38. The summed E-state index contributed by atoms with van der Waals surface area (Å²) in [6.45, 7) is 2.64. The van der Waals surface area contributed by atoms with Crippen molar-refractivity contribution < 1.29 is 14.3 Å². The van der Waals surface area contributed by atoms with Crippen LogP contribution in [0.1, 0.15) is 28.8 Å². The Balaban J connectivity index is 1.49. The van der Waals surface area contributed by atoms with Crippen LogP contribution in [0.15, 0.2) is 54.6 Å². The van der Waals surface area contributed by atoms with Gasteiger partial charge in [-0.2, -0.15) is 0 Å². The van der Waals surface area contributed by atoms with Crippen LogP contribution >= 0.6 is 0 Å². The van der Waals surface area contributed by atoms with Crippen molar-refractivity contribution in [1.82, 2.24) is 4.90 Å². The van der Waals surface area contributed by atoms with Crippen LogP contribution in [0, 0.1) is 0 Å². The van der Waals surface area contributed by atoms with Crippen LogP contribution in [0.5, 0.6) is 11.5 Å². The number of nitrogens with zero attached hydrogens (tertiary/aromatic N) is 1. The standard InChI is InChI=1S/C21H21NO3/c23-21(18-7-8-19-20(15-18)25-14-4-13-24-19)22-11-9-17(10-12-22)16-5-2-1-3-6-16/h1-3,5-9,15H,4,10-14H2. The number of ether oxygens (including phenoxy) is 2. The van der Waals surface area contributed by atoms with Crippen LogP contribution in [0.2, 0.25) is 0 Å². The minimum absolute atomic E-state index is 0.0407. The molecular weight excluding hydrogens is 314 g/mol. The van der Waals surface area contributed by atoms with Gasteiger partial charge in [-0.3, -0.25) is 4.79 Å². The molecule has 2 heterocycles. The van der Waals surface area contributed by atoms with Crippen molar-refractivity contribution in [3.8, 4) is 11.5 Å². The molecule has 0 radical (unpaired) electrons. The van der Waals surface area contributed by atoms with E-state index in [1.807, 2.05) is 35.2 Å². The molecule has 0 aromatic heterocycles. The van der Waals surface area contributed by atoms with Gasteiger partial charge < -0.3 is 14.4 Å². The fourth-order valence-electron chi connectivity index (χ4n) is 3.25. The average Bonchev–Trinajstić information content (AvgIpc) is 2.93.